The smallest absolute Gasteiger partial charge is 0.227 e. The predicted octanol–water partition coefficient (Wildman–Crippen LogP) is 3.96. The molecule has 1 atom stereocenters. The van der Waals surface area contributed by atoms with Crippen molar-refractivity contribution >= 4 is 23.2 Å². The van der Waals surface area contributed by atoms with Crippen molar-refractivity contribution in [2.45, 2.75) is 27.7 Å². The molecule has 3 heteroatoms. The Morgan fingerprint density at radius 1 is 1.31 bits per heavy atom. The van der Waals surface area contributed by atoms with Crippen LogP contribution in [0.1, 0.15) is 27.7 Å². The maximum absolute atomic E-state index is 11.9. The van der Waals surface area contributed by atoms with E-state index < -0.39 is 0 Å². The first kappa shape index (κ1) is 13.0. The lowest BCUT2D eigenvalue weighted by Gasteiger charge is -2.26. The van der Waals surface area contributed by atoms with Gasteiger partial charge in [-0.05, 0) is 17.5 Å². The van der Waals surface area contributed by atoms with Crippen molar-refractivity contribution in [1.82, 2.24) is 0 Å². The number of anilines is 1. The van der Waals surface area contributed by atoms with Gasteiger partial charge in [-0.15, -0.1) is 0 Å². The predicted molar refractivity (Wildman–Crippen MR) is 68.7 cm³/mol. The molecular formula is C13H18ClNO. The first-order chi connectivity index (χ1) is 7.32. The zero-order valence-electron chi connectivity index (χ0n) is 10.2. The maximum Gasteiger partial charge on any atom is 0.227 e. The van der Waals surface area contributed by atoms with Crippen molar-refractivity contribution < 1.29 is 4.79 Å². The number of hydrogen-bond acceptors (Lipinski definition) is 1. The fraction of sp³-hybridized carbons (Fsp3) is 0.462. The van der Waals surface area contributed by atoms with Crippen LogP contribution in [0, 0.1) is 11.3 Å². The summed E-state index contributed by atoms with van der Waals surface area (Å²) < 4.78 is 0. The van der Waals surface area contributed by atoms with Crippen LogP contribution in [0.3, 0.4) is 0 Å². The molecule has 0 aliphatic rings. The molecule has 1 unspecified atom stereocenters. The van der Waals surface area contributed by atoms with Gasteiger partial charge in [0.2, 0.25) is 5.91 Å². The molecule has 0 radical (unpaired) electrons. The molecule has 0 aromatic heterocycles. The van der Waals surface area contributed by atoms with Crippen LogP contribution in [0.5, 0.6) is 0 Å². The van der Waals surface area contributed by atoms with E-state index in [9.17, 15) is 4.79 Å². The Balaban J connectivity index is 2.76. The summed E-state index contributed by atoms with van der Waals surface area (Å²) in [6.45, 7) is 8.06. The van der Waals surface area contributed by atoms with Crippen molar-refractivity contribution in [2.24, 2.45) is 11.3 Å². The molecule has 0 aliphatic carbocycles. The van der Waals surface area contributed by atoms with E-state index in [4.69, 9.17) is 11.6 Å². The number of carbonyl (C=O) groups excluding carboxylic acids is 1. The van der Waals surface area contributed by atoms with E-state index in [-0.39, 0.29) is 17.2 Å². The summed E-state index contributed by atoms with van der Waals surface area (Å²) in [6, 6.07) is 7.25. The van der Waals surface area contributed by atoms with Crippen LogP contribution in [0.25, 0.3) is 0 Å². The topological polar surface area (TPSA) is 29.1 Å². The molecule has 0 saturated heterocycles. The van der Waals surface area contributed by atoms with Crippen LogP contribution in [-0.2, 0) is 4.79 Å². The van der Waals surface area contributed by atoms with Gasteiger partial charge in [0.25, 0.3) is 0 Å². The highest BCUT2D eigenvalue weighted by Gasteiger charge is 2.26. The Hall–Kier alpha value is -1.02. The molecule has 1 rings (SSSR count). The van der Waals surface area contributed by atoms with Crippen molar-refractivity contribution in [2.75, 3.05) is 5.32 Å². The lowest BCUT2D eigenvalue weighted by molar-refractivity contribution is -0.122. The lowest BCUT2D eigenvalue weighted by Crippen LogP contribution is -2.30. The number of hydrogen-bond donors (Lipinski definition) is 1. The van der Waals surface area contributed by atoms with E-state index in [0.717, 1.165) is 0 Å². The fourth-order valence-electron chi connectivity index (χ4n) is 1.20. The van der Waals surface area contributed by atoms with E-state index in [1.807, 2.05) is 39.8 Å². The Kier molecular flexibility index (Phi) is 3.98. The van der Waals surface area contributed by atoms with E-state index in [1.165, 1.54) is 0 Å². The molecule has 0 fully saturated rings. The normalized spacial score (nSPS) is 13.3. The summed E-state index contributed by atoms with van der Waals surface area (Å²) in [7, 11) is 0. The SMILES string of the molecule is CC(C(=O)Nc1ccccc1Cl)C(C)(C)C. The van der Waals surface area contributed by atoms with Crippen LogP contribution >= 0.6 is 11.6 Å². The van der Waals surface area contributed by atoms with Crippen LogP contribution in [0.4, 0.5) is 5.69 Å². The minimum absolute atomic E-state index is 0.000556. The fourth-order valence-corrected chi connectivity index (χ4v) is 1.38. The molecule has 16 heavy (non-hydrogen) atoms. The molecule has 0 saturated carbocycles. The summed E-state index contributed by atoms with van der Waals surface area (Å²) in [5.74, 6) is -0.0654. The lowest BCUT2D eigenvalue weighted by atomic mass is 9.81. The van der Waals surface area contributed by atoms with Gasteiger partial charge in [-0.2, -0.15) is 0 Å². The molecule has 1 aromatic carbocycles. The summed E-state index contributed by atoms with van der Waals surface area (Å²) in [6.07, 6.45) is 0. The van der Waals surface area contributed by atoms with Crippen LogP contribution in [0.15, 0.2) is 24.3 Å². The number of halogens is 1. The number of amides is 1. The molecule has 1 aromatic rings. The summed E-state index contributed by atoms with van der Waals surface area (Å²) >= 11 is 5.97. The van der Waals surface area contributed by atoms with Gasteiger partial charge >= 0.3 is 0 Å². The highest BCUT2D eigenvalue weighted by Crippen LogP contribution is 2.28. The Morgan fingerprint density at radius 3 is 2.38 bits per heavy atom. The molecule has 0 heterocycles. The first-order valence-electron chi connectivity index (χ1n) is 5.38. The second kappa shape index (κ2) is 4.88. The molecule has 0 spiro atoms. The molecule has 2 nitrogen and oxygen atoms in total. The summed E-state index contributed by atoms with van der Waals surface area (Å²) in [5.41, 5.74) is 0.621. The maximum atomic E-state index is 11.9. The Morgan fingerprint density at radius 2 is 1.88 bits per heavy atom. The van der Waals surface area contributed by atoms with E-state index in [0.29, 0.717) is 10.7 Å². The standard InChI is InChI=1S/C13H18ClNO/c1-9(13(2,3)4)12(16)15-11-8-6-5-7-10(11)14/h5-9H,1-4H3,(H,15,16). The molecule has 1 amide bonds. The van der Waals surface area contributed by atoms with Gasteiger partial charge in [0.05, 0.1) is 10.7 Å². The van der Waals surface area contributed by atoms with Gasteiger partial charge in [0.15, 0.2) is 0 Å². The van der Waals surface area contributed by atoms with Gasteiger partial charge in [-0.3, -0.25) is 4.79 Å². The third-order valence-corrected chi connectivity index (χ3v) is 3.15. The van der Waals surface area contributed by atoms with Gasteiger partial charge in [-0.1, -0.05) is 51.4 Å². The third kappa shape index (κ3) is 3.24. The first-order valence-corrected chi connectivity index (χ1v) is 5.75. The van der Waals surface area contributed by atoms with E-state index in [2.05, 4.69) is 5.32 Å². The number of rotatable bonds is 2. The monoisotopic (exact) mass is 239 g/mol. The van der Waals surface area contributed by atoms with Crippen LogP contribution < -0.4 is 5.32 Å². The van der Waals surface area contributed by atoms with Crippen molar-refractivity contribution in [3.8, 4) is 0 Å². The number of carbonyl (C=O) groups is 1. The van der Waals surface area contributed by atoms with Gasteiger partial charge < -0.3 is 5.32 Å². The quantitative estimate of drug-likeness (QED) is 0.832. The largest absolute Gasteiger partial charge is 0.325 e. The molecular weight excluding hydrogens is 222 g/mol. The second-order valence-corrected chi connectivity index (χ2v) is 5.46. The van der Waals surface area contributed by atoms with Gasteiger partial charge in [0, 0.05) is 5.92 Å². The average molecular weight is 240 g/mol. The van der Waals surface area contributed by atoms with E-state index >= 15 is 0 Å². The third-order valence-electron chi connectivity index (χ3n) is 2.82. The summed E-state index contributed by atoms with van der Waals surface area (Å²) in [5, 5.41) is 3.41. The van der Waals surface area contributed by atoms with E-state index in [1.54, 1.807) is 12.1 Å². The van der Waals surface area contributed by atoms with Crippen LogP contribution in [0.2, 0.25) is 5.02 Å². The highest BCUT2D eigenvalue weighted by molar-refractivity contribution is 6.33. The number of nitrogens with one attached hydrogen (secondary N) is 1. The average Bonchev–Trinajstić information content (AvgIpc) is 2.19. The summed E-state index contributed by atoms with van der Waals surface area (Å²) in [4.78, 5) is 11.9. The molecule has 0 bridgehead atoms. The Bertz CT molecular complexity index is 382. The number of para-hydroxylation sites is 1. The van der Waals surface area contributed by atoms with Crippen LogP contribution in [-0.4, -0.2) is 5.91 Å². The minimum atomic E-state index is -0.0660. The number of benzene rings is 1. The van der Waals surface area contributed by atoms with Gasteiger partial charge in [0.1, 0.15) is 0 Å². The second-order valence-electron chi connectivity index (χ2n) is 5.06. The highest BCUT2D eigenvalue weighted by atomic mass is 35.5. The molecule has 1 N–H and O–H groups in total. The van der Waals surface area contributed by atoms with Crippen molar-refractivity contribution in [1.29, 1.82) is 0 Å². The van der Waals surface area contributed by atoms with Gasteiger partial charge in [-0.25, -0.2) is 0 Å². The van der Waals surface area contributed by atoms with Crippen molar-refractivity contribution in [3.05, 3.63) is 29.3 Å². The van der Waals surface area contributed by atoms with Crippen molar-refractivity contribution in [3.63, 3.8) is 0 Å². The zero-order chi connectivity index (χ0) is 12.3. The molecule has 88 valence electrons. The minimum Gasteiger partial charge on any atom is -0.325 e. The molecule has 0 aliphatic heterocycles. The zero-order valence-corrected chi connectivity index (χ0v) is 10.9. The Labute approximate surface area is 102 Å².